The normalized spacial score (nSPS) is 19.5. The monoisotopic (exact) mass is 945 g/mol. The van der Waals surface area contributed by atoms with Crippen LogP contribution in [0, 0.1) is 11.7 Å². The minimum absolute atomic E-state index is 0.0393. The third-order valence-electron chi connectivity index (χ3n) is 12.4. The molecule has 4 N–H and O–H groups in total. The fourth-order valence-electron chi connectivity index (χ4n) is 8.67. The summed E-state index contributed by atoms with van der Waals surface area (Å²) in [5, 5.41) is 18.9. The number of aryl methyl sites for hydroxylation is 1. The van der Waals surface area contributed by atoms with Gasteiger partial charge in [0.25, 0.3) is 0 Å². The van der Waals surface area contributed by atoms with Crippen molar-refractivity contribution in [3.05, 3.63) is 83.1 Å². The highest BCUT2D eigenvalue weighted by atomic mass is 33.1. The molecule has 1 saturated carbocycles. The van der Waals surface area contributed by atoms with Gasteiger partial charge in [-0.05, 0) is 94.5 Å². The molecule has 2 aliphatic heterocycles. The smallest absolute Gasteiger partial charge is 0.317 e. The molecule has 0 bridgehead atoms. The minimum Gasteiger partial charge on any atom is -0.481 e. The van der Waals surface area contributed by atoms with Gasteiger partial charge in [0.1, 0.15) is 5.82 Å². The zero-order valence-corrected chi connectivity index (χ0v) is 39.3. The SMILES string of the molecule is CC(C)(CC(=O)N/N=C1\CCCc2nc(OCCCC(=O)O)ccc21)SSCCC(=O)N1CCN(C2CCN(C(=O)NCc3ccc(NC(=O)C4CC4c4cccnc4)cc3F)CC2)CC1. The lowest BCUT2D eigenvalue weighted by atomic mass is 9.94. The van der Waals surface area contributed by atoms with Crippen LogP contribution in [0.15, 0.2) is 60.0 Å². The molecule has 7 rings (SSSR count). The van der Waals surface area contributed by atoms with Crippen LogP contribution < -0.4 is 20.8 Å². The Balaban J connectivity index is 0.740. The van der Waals surface area contributed by atoms with Crippen LogP contribution in [0.25, 0.3) is 0 Å². The molecule has 0 spiro atoms. The van der Waals surface area contributed by atoms with E-state index in [4.69, 9.17) is 9.84 Å². The highest BCUT2D eigenvalue weighted by molar-refractivity contribution is 8.77. The number of hydrazone groups is 1. The maximum atomic E-state index is 15.0. The summed E-state index contributed by atoms with van der Waals surface area (Å²) in [6, 6.07) is 12.1. The Hall–Kier alpha value is -5.27. The van der Waals surface area contributed by atoms with Crippen LogP contribution >= 0.6 is 21.6 Å². The molecule has 19 heteroatoms. The van der Waals surface area contributed by atoms with Crippen molar-refractivity contribution < 1.29 is 38.2 Å². The second kappa shape index (κ2) is 23.0. The lowest BCUT2D eigenvalue weighted by molar-refractivity contribution is -0.137. The molecule has 1 aromatic carbocycles. The first kappa shape index (κ1) is 48.7. The number of aliphatic carboxylic acids is 1. The summed E-state index contributed by atoms with van der Waals surface area (Å²) in [6.45, 7) is 8.41. The number of aromatic nitrogens is 2. The quantitative estimate of drug-likeness (QED) is 0.0603. The second-order valence-electron chi connectivity index (χ2n) is 17.9. The van der Waals surface area contributed by atoms with Gasteiger partial charge in [0.05, 0.1) is 18.0 Å². The largest absolute Gasteiger partial charge is 0.481 e. The number of hydrogen-bond donors (Lipinski definition) is 4. The molecule has 4 aliphatic rings. The number of piperazine rings is 1. The number of halogens is 1. The van der Waals surface area contributed by atoms with E-state index >= 15 is 4.39 Å². The molecule has 2 saturated heterocycles. The molecule has 2 unspecified atom stereocenters. The van der Waals surface area contributed by atoms with Gasteiger partial charge >= 0.3 is 12.0 Å². The number of likely N-dealkylation sites (tertiary alicyclic amines) is 1. The van der Waals surface area contributed by atoms with Crippen molar-refractivity contribution >= 4 is 62.7 Å². The minimum atomic E-state index is -0.860. The van der Waals surface area contributed by atoms with E-state index in [0.717, 1.165) is 74.1 Å². The van der Waals surface area contributed by atoms with E-state index in [1.54, 1.807) is 57.1 Å². The number of benzene rings is 1. The van der Waals surface area contributed by atoms with E-state index in [0.29, 0.717) is 67.9 Å². The fraction of sp³-hybridized carbons (Fsp3) is 0.532. The number of rotatable bonds is 19. The lowest BCUT2D eigenvalue weighted by Crippen LogP contribution is -2.55. The van der Waals surface area contributed by atoms with Gasteiger partial charge < -0.3 is 30.3 Å². The standard InChI is InChI=1S/C47H60FN9O7S2/c1-47(2,28-41(58)54-53-40-8-3-7-39-35(40)12-13-42(52-39)64-24-5-9-44(60)61)66-65-25-16-43(59)56-22-20-55(21-23-56)34-14-18-57(19-15-34)46(63)50-30-32-10-11-33(26-38(32)48)51-45(62)37-27-36(37)31-6-4-17-49-29-31/h4,6,10-13,17,26,29,34,36-37H,3,5,7-9,14-16,18-25,27-28,30H2,1-2H3,(H,50,63)(H,51,62)(H,54,58)(H,60,61)/b53-40+. The Morgan fingerprint density at radius 1 is 0.985 bits per heavy atom. The molecular formula is C47H60FN9O7S2. The molecule has 16 nitrogen and oxygen atoms in total. The molecule has 3 aromatic rings. The maximum Gasteiger partial charge on any atom is 0.317 e. The second-order valence-corrected chi connectivity index (χ2v) is 21.0. The molecule has 5 amide bonds. The van der Waals surface area contributed by atoms with Crippen molar-refractivity contribution in [2.75, 3.05) is 56.9 Å². The number of ether oxygens (including phenoxy) is 1. The predicted octanol–water partition coefficient (Wildman–Crippen LogP) is 6.22. The number of anilines is 1. The van der Waals surface area contributed by atoms with Gasteiger partial charge in [0.15, 0.2) is 0 Å². The number of carbonyl (C=O) groups is 5. The zero-order valence-electron chi connectivity index (χ0n) is 37.6. The number of nitrogens with one attached hydrogen (secondary N) is 3. The number of amides is 5. The Bertz CT molecular complexity index is 2240. The van der Waals surface area contributed by atoms with Gasteiger partial charge in [-0.1, -0.05) is 33.7 Å². The first-order valence-corrected chi connectivity index (χ1v) is 25.2. The predicted molar refractivity (Wildman–Crippen MR) is 253 cm³/mol. The van der Waals surface area contributed by atoms with Crippen molar-refractivity contribution in [3.8, 4) is 5.88 Å². The number of nitrogens with zero attached hydrogens (tertiary/aromatic N) is 6. The number of fused-ring (bicyclic) bond motifs is 1. The molecular weight excluding hydrogens is 886 g/mol. The number of carboxylic acids is 1. The van der Waals surface area contributed by atoms with Crippen molar-refractivity contribution in [1.29, 1.82) is 0 Å². The van der Waals surface area contributed by atoms with Crippen LogP contribution in [-0.2, 0) is 32.1 Å². The summed E-state index contributed by atoms with van der Waals surface area (Å²) in [5.41, 5.74) is 6.98. The van der Waals surface area contributed by atoms with Crippen LogP contribution in [0.3, 0.4) is 0 Å². The van der Waals surface area contributed by atoms with E-state index in [-0.39, 0.29) is 66.3 Å². The molecule has 4 heterocycles. The number of carbonyl (C=O) groups excluding carboxylic acids is 4. The van der Waals surface area contributed by atoms with Gasteiger partial charge in [-0.25, -0.2) is 19.6 Å². The zero-order chi connectivity index (χ0) is 46.6. The van der Waals surface area contributed by atoms with E-state index in [1.807, 2.05) is 36.9 Å². The summed E-state index contributed by atoms with van der Waals surface area (Å²) in [4.78, 5) is 77.4. The number of hydrogen-bond acceptors (Lipinski definition) is 12. The topological polar surface area (TPSA) is 199 Å². The molecule has 0 radical (unpaired) electrons. The van der Waals surface area contributed by atoms with E-state index in [9.17, 15) is 24.0 Å². The van der Waals surface area contributed by atoms with Gasteiger partial charge in [-0.15, -0.1) is 0 Å². The van der Waals surface area contributed by atoms with Gasteiger partial charge in [0.2, 0.25) is 23.6 Å². The fourth-order valence-corrected chi connectivity index (χ4v) is 11.2. The number of pyridine rings is 2. The van der Waals surface area contributed by atoms with Crippen molar-refractivity contribution in [3.63, 3.8) is 0 Å². The molecule has 3 fully saturated rings. The Morgan fingerprint density at radius 2 is 1.79 bits per heavy atom. The van der Waals surface area contributed by atoms with Crippen LogP contribution in [-0.4, -0.2) is 128 Å². The van der Waals surface area contributed by atoms with Gasteiger partial charge in [-0.3, -0.25) is 29.1 Å². The highest BCUT2D eigenvalue weighted by Gasteiger charge is 2.44. The van der Waals surface area contributed by atoms with E-state index < -0.39 is 11.8 Å². The molecule has 66 heavy (non-hydrogen) atoms. The number of carboxylic acid groups (broad SMARTS) is 1. The van der Waals surface area contributed by atoms with Crippen LogP contribution in [0.4, 0.5) is 14.9 Å². The van der Waals surface area contributed by atoms with E-state index in [2.05, 4.69) is 36.0 Å². The average Bonchev–Trinajstić information content (AvgIpc) is 4.13. The summed E-state index contributed by atoms with van der Waals surface area (Å²) >= 11 is 0. The molecule has 2 atom stereocenters. The Kier molecular flexibility index (Phi) is 16.9. The third kappa shape index (κ3) is 13.9. The average molecular weight is 946 g/mol. The Morgan fingerprint density at radius 3 is 2.53 bits per heavy atom. The van der Waals surface area contributed by atoms with Crippen molar-refractivity contribution in [1.82, 2.24) is 35.4 Å². The third-order valence-corrected chi connectivity index (χ3v) is 15.7. The van der Waals surface area contributed by atoms with E-state index in [1.165, 1.54) is 6.07 Å². The van der Waals surface area contributed by atoms with Crippen LogP contribution in [0.1, 0.15) is 99.9 Å². The highest BCUT2D eigenvalue weighted by Crippen LogP contribution is 2.47. The Labute approximate surface area is 393 Å². The maximum absolute atomic E-state index is 15.0. The first-order valence-electron chi connectivity index (χ1n) is 22.9. The van der Waals surface area contributed by atoms with Crippen LogP contribution in [0.2, 0.25) is 0 Å². The molecule has 2 aliphatic carbocycles. The number of urea groups is 1. The van der Waals surface area contributed by atoms with Crippen LogP contribution in [0.5, 0.6) is 5.88 Å². The summed E-state index contributed by atoms with van der Waals surface area (Å²) in [5.74, 6) is -0.497. The van der Waals surface area contributed by atoms with Gasteiger partial charge in [-0.2, -0.15) is 5.10 Å². The summed E-state index contributed by atoms with van der Waals surface area (Å²) in [7, 11) is 3.19. The summed E-state index contributed by atoms with van der Waals surface area (Å²) < 4.78 is 20.2. The first-order chi connectivity index (χ1) is 31.8. The lowest BCUT2D eigenvalue weighted by Gasteiger charge is -2.42. The van der Waals surface area contributed by atoms with Crippen molar-refractivity contribution in [2.24, 2.45) is 11.0 Å². The number of piperidine rings is 1. The molecule has 2 aromatic heterocycles. The summed E-state index contributed by atoms with van der Waals surface area (Å²) in [6.07, 6.45) is 9.30. The van der Waals surface area contributed by atoms with Gasteiger partial charge in [0, 0.05) is 123 Å². The molecule has 354 valence electrons. The van der Waals surface area contributed by atoms with Crippen molar-refractivity contribution in [2.45, 2.75) is 101 Å².